The Morgan fingerprint density at radius 1 is 1.32 bits per heavy atom. The molecule has 0 radical (unpaired) electrons. The van der Waals surface area contributed by atoms with Gasteiger partial charge in [-0.05, 0) is 49.1 Å². The molecule has 2 aromatic heterocycles. The molecular formula is C23H29ClN6O. The Morgan fingerprint density at radius 2 is 2.13 bits per heavy atom. The van der Waals surface area contributed by atoms with Crippen molar-refractivity contribution in [3.63, 3.8) is 0 Å². The van der Waals surface area contributed by atoms with Crippen molar-refractivity contribution in [1.82, 2.24) is 19.4 Å². The fourth-order valence-corrected chi connectivity index (χ4v) is 4.34. The largest absolute Gasteiger partial charge is 0.352 e. The maximum atomic E-state index is 13.0. The van der Waals surface area contributed by atoms with E-state index in [-0.39, 0.29) is 12.1 Å². The Labute approximate surface area is 188 Å². The number of nitrogens with one attached hydrogen (secondary N) is 1. The summed E-state index contributed by atoms with van der Waals surface area (Å²) in [5, 5.41) is 3.64. The Morgan fingerprint density at radius 3 is 2.84 bits per heavy atom. The monoisotopic (exact) mass is 440 g/mol. The lowest BCUT2D eigenvalue weighted by atomic mass is 9.98. The van der Waals surface area contributed by atoms with Crippen LogP contribution in [-0.4, -0.2) is 51.1 Å². The molecule has 1 aliphatic heterocycles. The molecule has 1 unspecified atom stereocenters. The Bertz CT molecular complexity index is 1100. The van der Waals surface area contributed by atoms with E-state index in [1.165, 1.54) is 5.56 Å². The van der Waals surface area contributed by atoms with Crippen LogP contribution < -0.4 is 10.2 Å². The highest BCUT2D eigenvalue weighted by molar-refractivity contribution is 6.32. The summed E-state index contributed by atoms with van der Waals surface area (Å²) in [6.07, 6.45) is 2.82. The number of carbonyl (C=O) groups is 1. The second-order valence-corrected chi connectivity index (χ2v) is 8.69. The zero-order chi connectivity index (χ0) is 22.1. The van der Waals surface area contributed by atoms with Crippen LogP contribution in [0, 0.1) is 0 Å². The van der Waals surface area contributed by atoms with E-state index in [0.29, 0.717) is 36.5 Å². The van der Waals surface area contributed by atoms with Crippen molar-refractivity contribution < 1.29 is 4.79 Å². The smallest absolute Gasteiger partial charge is 0.324 e. The normalized spacial score (nSPS) is 17.8. The van der Waals surface area contributed by atoms with Gasteiger partial charge in [-0.25, -0.2) is 14.8 Å². The standard InChI is InChI=1S/C23H29ClN6O/c1-5-15(2)17-8-9-20-19(13-17)26-22(28(20)4)27-23(31)30-12-11-29(14-16(30)3)21-18(24)7-6-10-25-21/h6-10,13,15-16H,5,11-12,14H2,1-4H3,(H,26,27,31)/t15?,16-/m1/s1. The van der Waals surface area contributed by atoms with Crippen LogP contribution in [0.25, 0.3) is 11.0 Å². The number of hydrogen-bond acceptors (Lipinski definition) is 4. The fourth-order valence-electron chi connectivity index (χ4n) is 4.10. The molecule has 7 nitrogen and oxygen atoms in total. The minimum Gasteiger partial charge on any atom is -0.352 e. The van der Waals surface area contributed by atoms with E-state index in [4.69, 9.17) is 16.6 Å². The summed E-state index contributed by atoms with van der Waals surface area (Å²) in [6.45, 7) is 8.37. The molecule has 0 bridgehead atoms. The number of aromatic nitrogens is 3. The number of rotatable bonds is 4. The highest BCUT2D eigenvalue weighted by atomic mass is 35.5. The maximum Gasteiger partial charge on any atom is 0.324 e. The number of hydrogen-bond donors (Lipinski definition) is 1. The second-order valence-electron chi connectivity index (χ2n) is 8.28. The number of amides is 2. The number of piperazine rings is 1. The van der Waals surface area contributed by atoms with Crippen LogP contribution in [0.1, 0.15) is 38.7 Å². The molecule has 4 rings (SSSR count). The summed E-state index contributed by atoms with van der Waals surface area (Å²) in [7, 11) is 1.93. The minimum atomic E-state index is -0.139. The van der Waals surface area contributed by atoms with Crippen LogP contribution in [0.5, 0.6) is 0 Å². The van der Waals surface area contributed by atoms with Gasteiger partial charge in [0.15, 0.2) is 0 Å². The molecule has 2 amide bonds. The van der Waals surface area contributed by atoms with Gasteiger partial charge in [0.25, 0.3) is 0 Å². The van der Waals surface area contributed by atoms with Crippen LogP contribution >= 0.6 is 11.6 Å². The van der Waals surface area contributed by atoms with E-state index < -0.39 is 0 Å². The first-order valence-corrected chi connectivity index (χ1v) is 11.2. The van der Waals surface area contributed by atoms with Crippen LogP contribution in [0.15, 0.2) is 36.5 Å². The number of anilines is 2. The van der Waals surface area contributed by atoms with Gasteiger partial charge < -0.3 is 14.4 Å². The van der Waals surface area contributed by atoms with Gasteiger partial charge in [0, 0.05) is 38.9 Å². The molecule has 1 aromatic carbocycles. The summed E-state index contributed by atoms with van der Waals surface area (Å²) in [5.74, 6) is 1.81. The second kappa shape index (κ2) is 8.75. The fraction of sp³-hybridized carbons (Fsp3) is 0.435. The van der Waals surface area contributed by atoms with Gasteiger partial charge in [-0.15, -0.1) is 0 Å². The zero-order valence-corrected chi connectivity index (χ0v) is 19.2. The highest BCUT2D eigenvalue weighted by Crippen LogP contribution is 2.27. The van der Waals surface area contributed by atoms with Crippen molar-refractivity contribution >= 4 is 40.4 Å². The first-order valence-electron chi connectivity index (χ1n) is 10.8. The van der Waals surface area contributed by atoms with Crippen molar-refractivity contribution in [2.24, 2.45) is 7.05 Å². The van der Waals surface area contributed by atoms with Gasteiger partial charge in [-0.1, -0.05) is 31.5 Å². The molecule has 3 heterocycles. The lowest BCUT2D eigenvalue weighted by Gasteiger charge is -2.40. The van der Waals surface area contributed by atoms with E-state index in [0.717, 1.165) is 23.3 Å². The molecule has 0 saturated carbocycles. The van der Waals surface area contributed by atoms with E-state index in [1.807, 2.05) is 35.6 Å². The lowest BCUT2D eigenvalue weighted by Crippen LogP contribution is -2.55. The summed E-state index contributed by atoms with van der Waals surface area (Å²) in [5.41, 5.74) is 3.17. The number of aryl methyl sites for hydroxylation is 1. The molecule has 8 heteroatoms. The molecule has 2 atom stereocenters. The molecule has 31 heavy (non-hydrogen) atoms. The van der Waals surface area contributed by atoms with Crippen molar-refractivity contribution in [2.75, 3.05) is 29.9 Å². The summed E-state index contributed by atoms with van der Waals surface area (Å²) in [4.78, 5) is 26.1. The quantitative estimate of drug-likeness (QED) is 0.628. The van der Waals surface area contributed by atoms with Gasteiger partial charge in [-0.3, -0.25) is 5.32 Å². The van der Waals surface area contributed by atoms with Gasteiger partial charge >= 0.3 is 6.03 Å². The first kappa shape index (κ1) is 21.4. The average Bonchev–Trinajstić information content (AvgIpc) is 3.07. The van der Waals surface area contributed by atoms with Crippen LogP contribution in [-0.2, 0) is 7.05 Å². The molecule has 1 saturated heterocycles. The SMILES string of the molecule is CCC(C)c1ccc2c(c1)nc(NC(=O)N1CCN(c3ncccc3Cl)C[C@H]1C)n2C. The molecule has 164 valence electrons. The molecular weight excluding hydrogens is 412 g/mol. The lowest BCUT2D eigenvalue weighted by molar-refractivity contribution is 0.184. The number of nitrogens with zero attached hydrogens (tertiary/aromatic N) is 5. The van der Waals surface area contributed by atoms with Crippen LogP contribution in [0.3, 0.4) is 0 Å². The van der Waals surface area contributed by atoms with Crippen LogP contribution in [0.4, 0.5) is 16.6 Å². The number of carbonyl (C=O) groups excluding carboxylic acids is 1. The molecule has 3 aromatic rings. The minimum absolute atomic E-state index is 0.0125. The molecule has 0 aliphatic carbocycles. The van der Waals surface area contributed by atoms with Crippen molar-refractivity contribution in [3.8, 4) is 0 Å². The van der Waals surface area contributed by atoms with E-state index in [9.17, 15) is 4.79 Å². The predicted molar refractivity (Wildman–Crippen MR) is 126 cm³/mol. The number of pyridine rings is 1. The molecule has 1 N–H and O–H groups in total. The molecule has 1 aliphatic rings. The predicted octanol–water partition coefficient (Wildman–Crippen LogP) is 4.88. The van der Waals surface area contributed by atoms with E-state index >= 15 is 0 Å². The van der Waals surface area contributed by atoms with Gasteiger partial charge in [0.1, 0.15) is 5.82 Å². The van der Waals surface area contributed by atoms with Crippen molar-refractivity contribution in [3.05, 3.63) is 47.1 Å². The molecule has 1 fully saturated rings. The van der Waals surface area contributed by atoms with Crippen LogP contribution in [0.2, 0.25) is 5.02 Å². The Balaban J connectivity index is 1.48. The highest BCUT2D eigenvalue weighted by Gasteiger charge is 2.29. The summed E-state index contributed by atoms with van der Waals surface area (Å²) < 4.78 is 1.93. The van der Waals surface area contributed by atoms with Gasteiger partial charge in [-0.2, -0.15) is 0 Å². The van der Waals surface area contributed by atoms with Gasteiger partial charge in [0.2, 0.25) is 5.95 Å². The van der Waals surface area contributed by atoms with Crippen molar-refractivity contribution in [1.29, 1.82) is 0 Å². The van der Waals surface area contributed by atoms with E-state index in [1.54, 1.807) is 6.20 Å². The summed E-state index contributed by atoms with van der Waals surface area (Å²) >= 11 is 6.30. The number of urea groups is 1. The number of benzene rings is 1. The zero-order valence-electron chi connectivity index (χ0n) is 18.5. The number of halogens is 1. The molecule has 0 spiro atoms. The third-order valence-corrected chi connectivity index (χ3v) is 6.53. The Kier molecular flexibility index (Phi) is 6.05. The Hall–Kier alpha value is -2.80. The number of fused-ring (bicyclic) bond motifs is 1. The third-order valence-electron chi connectivity index (χ3n) is 6.23. The first-order chi connectivity index (χ1) is 14.9. The number of imidazole rings is 1. The van der Waals surface area contributed by atoms with Crippen molar-refractivity contribution in [2.45, 2.75) is 39.2 Å². The van der Waals surface area contributed by atoms with E-state index in [2.05, 4.69) is 47.2 Å². The van der Waals surface area contributed by atoms with Gasteiger partial charge in [0.05, 0.1) is 16.1 Å². The summed E-state index contributed by atoms with van der Waals surface area (Å²) in [6, 6.07) is 9.88. The third kappa shape index (κ3) is 4.19. The topological polar surface area (TPSA) is 66.3 Å². The average molecular weight is 441 g/mol. The maximum absolute atomic E-state index is 13.0.